The van der Waals surface area contributed by atoms with Gasteiger partial charge in [-0.3, -0.25) is 9.69 Å². The largest absolute Gasteiger partial charge is 0.353 e. The van der Waals surface area contributed by atoms with Crippen LogP contribution < -0.4 is 5.32 Å². The number of hydrogen-bond acceptors (Lipinski definition) is 3. The summed E-state index contributed by atoms with van der Waals surface area (Å²) in [5.41, 5.74) is 4.32. The molecule has 0 aliphatic carbocycles. The van der Waals surface area contributed by atoms with Crippen LogP contribution in [0.3, 0.4) is 0 Å². The molecule has 32 heavy (non-hydrogen) atoms. The van der Waals surface area contributed by atoms with Gasteiger partial charge in [0.05, 0.1) is 18.2 Å². The Balaban J connectivity index is 1.56. The number of likely N-dealkylation sites (tertiary alicyclic amines) is 1. The highest BCUT2D eigenvalue weighted by atomic mass is 19.1. The number of nitrogens with zero attached hydrogens (tertiary/aromatic N) is 4. The summed E-state index contributed by atoms with van der Waals surface area (Å²) in [5.74, 6) is 0.0747. The normalized spacial score (nSPS) is 16.3. The number of anilines is 1. The fourth-order valence-electron chi connectivity index (χ4n) is 4.63. The van der Waals surface area contributed by atoms with Crippen LogP contribution in [-0.2, 0) is 18.4 Å². The first kappa shape index (κ1) is 21.8. The van der Waals surface area contributed by atoms with Gasteiger partial charge in [0, 0.05) is 31.2 Å². The molecule has 0 bridgehead atoms. The van der Waals surface area contributed by atoms with Crippen LogP contribution in [-0.4, -0.2) is 33.0 Å². The fraction of sp³-hybridized carbons (Fsp3) is 0.360. The van der Waals surface area contributed by atoms with Gasteiger partial charge in [-0.1, -0.05) is 12.1 Å². The lowest BCUT2D eigenvalue weighted by molar-refractivity contribution is -0.117. The van der Waals surface area contributed by atoms with Crippen molar-refractivity contribution in [2.75, 3.05) is 18.4 Å². The zero-order chi connectivity index (χ0) is 22.8. The van der Waals surface area contributed by atoms with E-state index in [-0.39, 0.29) is 24.3 Å². The zero-order valence-corrected chi connectivity index (χ0v) is 18.7. The molecular formula is C25H28FN5O. The van der Waals surface area contributed by atoms with E-state index in [1.54, 1.807) is 12.1 Å². The minimum Gasteiger partial charge on any atom is -0.353 e. The molecule has 0 unspecified atom stereocenters. The average molecular weight is 434 g/mol. The number of aryl methyl sites for hydroxylation is 1. The molecule has 3 heterocycles. The Hall–Kier alpha value is -3.37. The third kappa shape index (κ3) is 4.19. The van der Waals surface area contributed by atoms with Gasteiger partial charge in [-0.2, -0.15) is 5.26 Å². The standard InChI is InChI=1S/C25H28FN5O/c1-17-18(2)31(15-19-8-10-20(26)11-9-19)25(21(17)14-27)28-24(32)16-30-13-5-7-23(30)22-6-4-12-29(22)3/h4,6,8-12,23H,5,7,13,15-16H2,1-3H3,(H,28,32)/t23-/m1/s1. The van der Waals surface area contributed by atoms with E-state index < -0.39 is 0 Å². The van der Waals surface area contributed by atoms with Gasteiger partial charge in [-0.05, 0) is 68.6 Å². The average Bonchev–Trinajstić information content (AvgIpc) is 3.45. The first-order valence-corrected chi connectivity index (χ1v) is 10.9. The van der Waals surface area contributed by atoms with Crippen LogP contribution in [0, 0.1) is 31.0 Å². The first-order valence-electron chi connectivity index (χ1n) is 10.9. The molecule has 1 N–H and O–H groups in total. The number of rotatable bonds is 6. The number of carbonyl (C=O) groups excluding carboxylic acids is 1. The van der Waals surface area contributed by atoms with E-state index in [9.17, 15) is 14.4 Å². The Morgan fingerprint density at radius 3 is 2.66 bits per heavy atom. The van der Waals surface area contributed by atoms with E-state index in [1.807, 2.05) is 37.7 Å². The smallest absolute Gasteiger partial charge is 0.239 e. The molecule has 1 aliphatic heterocycles. The van der Waals surface area contributed by atoms with Crippen LogP contribution in [0.2, 0.25) is 0 Å². The number of nitrogens with one attached hydrogen (secondary N) is 1. The minimum absolute atomic E-state index is 0.138. The summed E-state index contributed by atoms with van der Waals surface area (Å²) in [6.07, 6.45) is 4.10. The highest BCUT2D eigenvalue weighted by Crippen LogP contribution is 2.32. The molecule has 1 fully saturated rings. The van der Waals surface area contributed by atoms with Crippen LogP contribution in [0.5, 0.6) is 0 Å². The maximum Gasteiger partial charge on any atom is 0.239 e. The second-order valence-electron chi connectivity index (χ2n) is 8.48. The molecule has 0 saturated carbocycles. The molecule has 0 radical (unpaired) electrons. The number of amides is 1. The van der Waals surface area contributed by atoms with E-state index in [1.165, 1.54) is 17.8 Å². The van der Waals surface area contributed by atoms with Gasteiger partial charge >= 0.3 is 0 Å². The molecule has 1 aromatic carbocycles. The Labute approximate surface area is 187 Å². The van der Waals surface area contributed by atoms with Crippen molar-refractivity contribution >= 4 is 11.7 Å². The lowest BCUT2D eigenvalue weighted by atomic mass is 10.1. The van der Waals surface area contributed by atoms with E-state index in [2.05, 4.69) is 26.9 Å². The van der Waals surface area contributed by atoms with Crippen molar-refractivity contribution < 1.29 is 9.18 Å². The van der Waals surface area contributed by atoms with Gasteiger partial charge in [0.1, 0.15) is 17.7 Å². The summed E-state index contributed by atoms with van der Waals surface area (Å²) in [6.45, 7) is 5.39. The van der Waals surface area contributed by atoms with Gasteiger partial charge in [0.2, 0.25) is 5.91 Å². The number of benzene rings is 1. The Kier molecular flexibility index (Phi) is 6.15. The fourth-order valence-corrected chi connectivity index (χ4v) is 4.63. The third-order valence-corrected chi connectivity index (χ3v) is 6.49. The lowest BCUT2D eigenvalue weighted by Crippen LogP contribution is -2.34. The van der Waals surface area contributed by atoms with E-state index in [0.717, 1.165) is 36.2 Å². The van der Waals surface area contributed by atoms with Crippen molar-refractivity contribution in [1.29, 1.82) is 5.26 Å². The lowest BCUT2D eigenvalue weighted by Gasteiger charge is -2.24. The second-order valence-corrected chi connectivity index (χ2v) is 8.48. The van der Waals surface area contributed by atoms with Crippen LogP contribution >= 0.6 is 0 Å². The molecule has 1 aliphatic rings. The van der Waals surface area contributed by atoms with Crippen molar-refractivity contribution in [1.82, 2.24) is 14.0 Å². The monoisotopic (exact) mass is 433 g/mol. The summed E-state index contributed by atoms with van der Waals surface area (Å²) < 4.78 is 17.4. The molecular weight excluding hydrogens is 405 g/mol. The predicted octanol–water partition coefficient (Wildman–Crippen LogP) is 4.28. The molecule has 1 saturated heterocycles. The SMILES string of the molecule is Cc1c(C#N)c(NC(=O)CN2CCC[C@@H]2c2cccn2C)n(Cc2ccc(F)cc2)c1C. The zero-order valence-electron chi connectivity index (χ0n) is 18.7. The number of carbonyl (C=O) groups is 1. The number of nitriles is 1. The first-order chi connectivity index (χ1) is 15.4. The molecule has 1 amide bonds. The minimum atomic E-state index is -0.293. The Morgan fingerprint density at radius 2 is 2.00 bits per heavy atom. The number of halogens is 1. The molecule has 7 heteroatoms. The molecule has 2 aromatic heterocycles. The van der Waals surface area contributed by atoms with Gasteiger partial charge in [0.15, 0.2) is 0 Å². The van der Waals surface area contributed by atoms with Crippen molar-refractivity contribution in [3.05, 3.63) is 76.5 Å². The van der Waals surface area contributed by atoms with Crippen LogP contribution in [0.1, 0.15) is 47.0 Å². The summed E-state index contributed by atoms with van der Waals surface area (Å²) in [7, 11) is 2.03. The third-order valence-electron chi connectivity index (χ3n) is 6.49. The summed E-state index contributed by atoms with van der Waals surface area (Å²) in [6, 6.07) is 12.9. The number of hydrogen-bond donors (Lipinski definition) is 1. The van der Waals surface area contributed by atoms with Gasteiger partial charge in [-0.15, -0.1) is 0 Å². The van der Waals surface area contributed by atoms with Gasteiger partial charge < -0.3 is 14.5 Å². The molecule has 3 aromatic rings. The highest BCUT2D eigenvalue weighted by molar-refractivity contribution is 5.93. The molecule has 6 nitrogen and oxygen atoms in total. The Bertz CT molecular complexity index is 1170. The van der Waals surface area contributed by atoms with Crippen molar-refractivity contribution in [3.8, 4) is 6.07 Å². The van der Waals surface area contributed by atoms with Gasteiger partial charge in [-0.25, -0.2) is 4.39 Å². The maximum absolute atomic E-state index is 13.3. The molecule has 0 spiro atoms. The quantitative estimate of drug-likeness (QED) is 0.631. The maximum atomic E-state index is 13.3. The summed E-state index contributed by atoms with van der Waals surface area (Å²) in [5, 5.41) is 12.8. The summed E-state index contributed by atoms with van der Waals surface area (Å²) >= 11 is 0. The van der Waals surface area contributed by atoms with Crippen LogP contribution in [0.15, 0.2) is 42.6 Å². The predicted molar refractivity (Wildman–Crippen MR) is 122 cm³/mol. The Morgan fingerprint density at radius 1 is 1.25 bits per heavy atom. The van der Waals surface area contributed by atoms with Gasteiger partial charge in [0.25, 0.3) is 0 Å². The van der Waals surface area contributed by atoms with Crippen LogP contribution in [0.25, 0.3) is 0 Å². The van der Waals surface area contributed by atoms with E-state index in [4.69, 9.17) is 0 Å². The van der Waals surface area contributed by atoms with E-state index >= 15 is 0 Å². The molecule has 4 rings (SSSR count). The topological polar surface area (TPSA) is 66.0 Å². The number of aromatic nitrogens is 2. The van der Waals surface area contributed by atoms with Crippen molar-refractivity contribution in [3.63, 3.8) is 0 Å². The van der Waals surface area contributed by atoms with Crippen LogP contribution in [0.4, 0.5) is 10.2 Å². The highest BCUT2D eigenvalue weighted by Gasteiger charge is 2.29. The van der Waals surface area contributed by atoms with Crippen molar-refractivity contribution in [2.45, 2.75) is 39.3 Å². The van der Waals surface area contributed by atoms with Crippen molar-refractivity contribution in [2.24, 2.45) is 7.05 Å². The molecule has 1 atom stereocenters. The van der Waals surface area contributed by atoms with E-state index in [0.29, 0.717) is 17.9 Å². The summed E-state index contributed by atoms with van der Waals surface area (Å²) in [4.78, 5) is 15.3. The molecule has 166 valence electrons. The second kappa shape index (κ2) is 9.01.